The smallest absolute Gasteiger partial charge is 0.265 e. The Kier molecular flexibility index (Phi) is 4.88. The van der Waals surface area contributed by atoms with E-state index in [-0.39, 0.29) is 18.6 Å². The van der Waals surface area contributed by atoms with Gasteiger partial charge < -0.3 is 14.1 Å². The van der Waals surface area contributed by atoms with E-state index in [0.717, 1.165) is 35.3 Å². The van der Waals surface area contributed by atoms with Gasteiger partial charge in [0.2, 0.25) is 0 Å². The van der Waals surface area contributed by atoms with E-state index in [2.05, 4.69) is 0 Å². The lowest BCUT2D eigenvalue weighted by Gasteiger charge is -2.26. The van der Waals surface area contributed by atoms with E-state index in [9.17, 15) is 4.79 Å². The molecule has 3 aromatic rings. The molecule has 0 unspecified atom stereocenters. The third-order valence-electron chi connectivity index (χ3n) is 5.11. The molecule has 140 valence electrons. The Labute approximate surface area is 159 Å². The summed E-state index contributed by atoms with van der Waals surface area (Å²) in [5.74, 6) is 1.77. The molecule has 0 fully saturated rings. The van der Waals surface area contributed by atoms with Gasteiger partial charge in [-0.1, -0.05) is 18.2 Å². The van der Waals surface area contributed by atoms with Crippen molar-refractivity contribution in [1.82, 2.24) is 0 Å². The molecule has 1 aliphatic carbocycles. The molecular weight excluding hydrogens is 338 g/mol. The highest BCUT2D eigenvalue weighted by Crippen LogP contribution is 2.34. The van der Waals surface area contributed by atoms with E-state index >= 15 is 0 Å². The number of benzene rings is 2. The lowest BCUT2D eigenvalue weighted by atomic mass is 9.96. The fourth-order valence-corrected chi connectivity index (χ4v) is 3.86. The maximum atomic E-state index is 12.8. The van der Waals surface area contributed by atoms with Crippen LogP contribution >= 0.6 is 0 Å². The van der Waals surface area contributed by atoms with Crippen LogP contribution in [0.15, 0.2) is 52.9 Å². The molecule has 4 rings (SSSR count). The van der Waals surface area contributed by atoms with Gasteiger partial charge in [0.05, 0.1) is 0 Å². The average molecular weight is 363 g/mol. The van der Waals surface area contributed by atoms with Gasteiger partial charge in [0.1, 0.15) is 17.1 Å². The first-order valence-electron chi connectivity index (χ1n) is 9.67. The van der Waals surface area contributed by atoms with Crippen LogP contribution in [-0.2, 0) is 17.6 Å². The molecule has 0 radical (unpaired) electrons. The van der Waals surface area contributed by atoms with Crippen molar-refractivity contribution in [3.63, 3.8) is 0 Å². The molecule has 1 aliphatic rings. The molecule has 1 amide bonds. The second-order valence-corrected chi connectivity index (χ2v) is 7.35. The van der Waals surface area contributed by atoms with Gasteiger partial charge in [-0.2, -0.15) is 0 Å². The second kappa shape index (κ2) is 7.47. The monoisotopic (exact) mass is 363 g/mol. The first kappa shape index (κ1) is 17.7. The number of anilines is 1. The van der Waals surface area contributed by atoms with Crippen molar-refractivity contribution in [2.45, 2.75) is 45.6 Å². The quantitative estimate of drug-likeness (QED) is 0.631. The van der Waals surface area contributed by atoms with E-state index in [4.69, 9.17) is 9.15 Å². The number of carbonyl (C=O) groups excluding carboxylic acids is 1. The SMILES string of the molecule is CC(C)N(C(=O)COc1ccc2oc3c(c2c1)CCCC3)c1ccccc1. The normalized spacial score (nSPS) is 13.6. The van der Waals surface area contributed by atoms with Gasteiger partial charge in [0.25, 0.3) is 5.91 Å². The van der Waals surface area contributed by atoms with E-state index in [0.29, 0.717) is 5.75 Å². The molecule has 2 aromatic carbocycles. The Morgan fingerprint density at radius 2 is 1.89 bits per heavy atom. The Balaban J connectivity index is 1.51. The van der Waals surface area contributed by atoms with Gasteiger partial charge in [-0.15, -0.1) is 0 Å². The van der Waals surface area contributed by atoms with Crippen LogP contribution in [0.4, 0.5) is 5.69 Å². The lowest BCUT2D eigenvalue weighted by Crippen LogP contribution is -2.40. The highest BCUT2D eigenvalue weighted by atomic mass is 16.5. The van der Waals surface area contributed by atoms with Crippen LogP contribution in [0.3, 0.4) is 0 Å². The first-order valence-corrected chi connectivity index (χ1v) is 9.67. The van der Waals surface area contributed by atoms with Gasteiger partial charge in [-0.3, -0.25) is 4.79 Å². The topological polar surface area (TPSA) is 42.7 Å². The number of nitrogens with zero attached hydrogens (tertiary/aromatic N) is 1. The molecule has 0 spiro atoms. The summed E-state index contributed by atoms with van der Waals surface area (Å²) in [6, 6.07) is 15.6. The van der Waals surface area contributed by atoms with Crippen molar-refractivity contribution in [1.29, 1.82) is 0 Å². The largest absolute Gasteiger partial charge is 0.484 e. The number of aryl methyl sites for hydroxylation is 2. The molecule has 1 heterocycles. The Morgan fingerprint density at radius 1 is 1.11 bits per heavy atom. The molecule has 4 nitrogen and oxygen atoms in total. The van der Waals surface area contributed by atoms with E-state index in [1.54, 1.807) is 4.90 Å². The van der Waals surface area contributed by atoms with E-state index < -0.39 is 0 Å². The maximum absolute atomic E-state index is 12.8. The summed E-state index contributed by atoms with van der Waals surface area (Å²) >= 11 is 0. The first-order chi connectivity index (χ1) is 13.1. The standard InChI is InChI=1S/C23H25NO3/c1-16(2)24(17-8-4-3-5-9-17)23(25)15-26-18-12-13-22-20(14-18)19-10-6-7-11-21(19)27-22/h3-5,8-9,12-14,16H,6-7,10-11,15H2,1-2H3. The zero-order chi connectivity index (χ0) is 18.8. The summed E-state index contributed by atoms with van der Waals surface area (Å²) < 4.78 is 11.8. The van der Waals surface area contributed by atoms with Crippen LogP contribution in [-0.4, -0.2) is 18.6 Å². The van der Waals surface area contributed by atoms with Gasteiger partial charge >= 0.3 is 0 Å². The highest BCUT2D eigenvalue weighted by Gasteiger charge is 2.21. The Hall–Kier alpha value is -2.75. The van der Waals surface area contributed by atoms with E-state index in [1.165, 1.54) is 18.4 Å². The summed E-state index contributed by atoms with van der Waals surface area (Å²) in [6.45, 7) is 4.03. The molecule has 1 aromatic heterocycles. The molecule has 0 saturated carbocycles. The Morgan fingerprint density at radius 3 is 2.67 bits per heavy atom. The van der Waals surface area contributed by atoms with Crippen molar-refractivity contribution in [3.05, 3.63) is 59.9 Å². The summed E-state index contributed by atoms with van der Waals surface area (Å²) in [5, 5.41) is 1.12. The van der Waals surface area contributed by atoms with Gasteiger partial charge in [-0.05, 0) is 63.4 Å². The number of carbonyl (C=O) groups is 1. The predicted molar refractivity (Wildman–Crippen MR) is 107 cm³/mol. The number of fused-ring (bicyclic) bond motifs is 3. The summed E-state index contributed by atoms with van der Waals surface area (Å²) in [5.41, 5.74) is 3.11. The van der Waals surface area contributed by atoms with Gasteiger partial charge in [0.15, 0.2) is 6.61 Å². The maximum Gasteiger partial charge on any atom is 0.265 e. The third kappa shape index (κ3) is 3.57. The number of ether oxygens (including phenoxy) is 1. The molecule has 0 bridgehead atoms. The van der Waals surface area contributed by atoms with Crippen LogP contribution in [0, 0.1) is 0 Å². The number of para-hydroxylation sites is 1. The van der Waals surface area contributed by atoms with Gasteiger partial charge in [0, 0.05) is 29.1 Å². The highest BCUT2D eigenvalue weighted by molar-refractivity contribution is 5.95. The molecule has 4 heteroatoms. The molecule has 0 saturated heterocycles. The van der Waals surface area contributed by atoms with Crippen LogP contribution in [0.2, 0.25) is 0 Å². The lowest BCUT2D eigenvalue weighted by molar-refractivity contribution is -0.120. The summed E-state index contributed by atoms with van der Waals surface area (Å²) in [7, 11) is 0. The second-order valence-electron chi connectivity index (χ2n) is 7.35. The number of hydrogen-bond acceptors (Lipinski definition) is 3. The zero-order valence-electron chi connectivity index (χ0n) is 15.9. The predicted octanol–water partition coefficient (Wildman–Crippen LogP) is 5.13. The third-order valence-corrected chi connectivity index (χ3v) is 5.11. The molecule has 0 N–H and O–H groups in total. The summed E-state index contributed by atoms with van der Waals surface area (Å²) in [4.78, 5) is 14.6. The van der Waals surface area contributed by atoms with Crippen molar-refractivity contribution in [2.24, 2.45) is 0 Å². The van der Waals surface area contributed by atoms with Crippen molar-refractivity contribution in [3.8, 4) is 5.75 Å². The zero-order valence-corrected chi connectivity index (χ0v) is 15.9. The average Bonchev–Trinajstić information content (AvgIpc) is 3.05. The van der Waals surface area contributed by atoms with Crippen LogP contribution in [0.25, 0.3) is 11.0 Å². The molecular formula is C23H25NO3. The van der Waals surface area contributed by atoms with Crippen molar-refractivity contribution < 1.29 is 13.9 Å². The van der Waals surface area contributed by atoms with Crippen LogP contribution in [0.1, 0.15) is 38.0 Å². The van der Waals surface area contributed by atoms with Crippen molar-refractivity contribution >= 4 is 22.6 Å². The van der Waals surface area contributed by atoms with Crippen molar-refractivity contribution in [2.75, 3.05) is 11.5 Å². The minimum absolute atomic E-state index is 0.0125. The number of amides is 1. The summed E-state index contributed by atoms with van der Waals surface area (Å²) in [6.07, 6.45) is 4.46. The number of furan rings is 1. The molecule has 0 atom stereocenters. The van der Waals surface area contributed by atoms with Gasteiger partial charge in [-0.25, -0.2) is 0 Å². The fourth-order valence-electron chi connectivity index (χ4n) is 3.86. The minimum Gasteiger partial charge on any atom is -0.484 e. The number of hydrogen-bond donors (Lipinski definition) is 0. The number of rotatable bonds is 5. The molecule has 27 heavy (non-hydrogen) atoms. The van der Waals surface area contributed by atoms with Crippen LogP contribution in [0.5, 0.6) is 5.75 Å². The Bertz CT molecular complexity index is 943. The van der Waals surface area contributed by atoms with E-state index in [1.807, 2.05) is 62.4 Å². The minimum atomic E-state index is -0.0504. The molecule has 0 aliphatic heterocycles. The fraction of sp³-hybridized carbons (Fsp3) is 0.348. The van der Waals surface area contributed by atoms with Crippen LogP contribution < -0.4 is 9.64 Å².